The van der Waals surface area contributed by atoms with Gasteiger partial charge in [-0.3, -0.25) is 0 Å². The third-order valence-corrected chi connectivity index (χ3v) is 4.19. The number of ether oxygens (including phenoxy) is 4. The molecule has 2 heterocycles. The lowest BCUT2D eigenvalue weighted by Gasteiger charge is -2.12. The number of hydrogen-bond donors (Lipinski definition) is 0. The van der Waals surface area contributed by atoms with Gasteiger partial charge < -0.3 is 18.9 Å². The highest BCUT2D eigenvalue weighted by Crippen LogP contribution is 2.39. The zero-order chi connectivity index (χ0) is 20.6. The molecule has 0 N–H and O–H groups in total. The fourth-order valence-corrected chi connectivity index (χ4v) is 3.00. The lowest BCUT2D eigenvalue weighted by atomic mass is 9.99. The van der Waals surface area contributed by atoms with Crippen LogP contribution in [0.2, 0.25) is 0 Å². The van der Waals surface area contributed by atoms with Crippen molar-refractivity contribution >= 4 is 16.9 Å². The van der Waals surface area contributed by atoms with E-state index in [2.05, 4.69) is 9.72 Å². The van der Waals surface area contributed by atoms with E-state index >= 15 is 0 Å². The highest BCUT2D eigenvalue weighted by atomic mass is 19.4. The normalized spacial score (nSPS) is 12.8. The predicted octanol–water partition coefficient (Wildman–Crippen LogP) is 4.71. The average molecular weight is 405 g/mol. The Bertz CT molecular complexity index is 1080. The van der Waals surface area contributed by atoms with Crippen LogP contribution in [0.3, 0.4) is 0 Å². The molecule has 1 aromatic heterocycles. The Hall–Kier alpha value is -3.49. The summed E-state index contributed by atoms with van der Waals surface area (Å²) in [5.41, 5.74) is 1.68. The van der Waals surface area contributed by atoms with Gasteiger partial charge in [0.05, 0.1) is 12.1 Å². The molecule has 0 spiro atoms. The Labute approximate surface area is 162 Å². The van der Waals surface area contributed by atoms with E-state index in [1.54, 1.807) is 19.1 Å². The molecule has 29 heavy (non-hydrogen) atoms. The molecule has 1 aliphatic heterocycles. The minimum absolute atomic E-state index is 0.0647. The Kier molecular flexibility index (Phi) is 4.65. The molecule has 0 saturated heterocycles. The first-order valence-electron chi connectivity index (χ1n) is 8.62. The summed E-state index contributed by atoms with van der Waals surface area (Å²) >= 11 is 0. The van der Waals surface area contributed by atoms with Gasteiger partial charge in [-0.15, -0.1) is 13.2 Å². The second-order valence-electron chi connectivity index (χ2n) is 6.07. The van der Waals surface area contributed by atoms with Crippen LogP contribution in [0.15, 0.2) is 42.5 Å². The summed E-state index contributed by atoms with van der Waals surface area (Å²) in [5, 5.41) is 0.645. The SMILES string of the molecule is CCOC(=O)c1cc(-c2ccc(OC(F)(F)F)cc2)c2cc3c(cc2n1)OCO3. The number of aromatic nitrogens is 1. The standard InChI is InChI=1S/C20H14F3NO5/c1-2-26-19(25)16-7-13(11-3-5-12(6-4-11)29-20(21,22)23)14-8-17-18(28-10-27-17)9-15(14)24-16/h3-9H,2,10H2,1H3. The van der Waals surface area contributed by atoms with Gasteiger partial charge in [-0.1, -0.05) is 12.1 Å². The summed E-state index contributed by atoms with van der Waals surface area (Å²) in [5.74, 6) is 0.0561. The zero-order valence-electron chi connectivity index (χ0n) is 15.1. The van der Waals surface area contributed by atoms with Crippen molar-refractivity contribution in [1.29, 1.82) is 0 Å². The molecule has 1 aliphatic rings. The largest absolute Gasteiger partial charge is 0.573 e. The van der Waals surface area contributed by atoms with E-state index in [1.165, 1.54) is 30.3 Å². The number of halogens is 3. The zero-order valence-corrected chi connectivity index (χ0v) is 15.1. The molecule has 2 aromatic carbocycles. The molecular formula is C20H14F3NO5. The summed E-state index contributed by atoms with van der Waals surface area (Å²) in [4.78, 5) is 16.6. The van der Waals surface area contributed by atoms with Crippen molar-refractivity contribution < 1.29 is 36.9 Å². The number of hydrogen-bond acceptors (Lipinski definition) is 6. The Morgan fingerprint density at radius 3 is 2.45 bits per heavy atom. The van der Waals surface area contributed by atoms with E-state index in [0.29, 0.717) is 33.5 Å². The lowest BCUT2D eigenvalue weighted by molar-refractivity contribution is -0.274. The predicted molar refractivity (Wildman–Crippen MR) is 95.9 cm³/mol. The first kappa shape index (κ1) is 18.9. The van der Waals surface area contributed by atoms with Crippen LogP contribution < -0.4 is 14.2 Å². The quantitative estimate of drug-likeness (QED) is 0.586. The molecule has 0 atom stereocenters. The first-order valence-corrected chi connectivity index (χ1v) is 8.62. The van der Waals surface area contributed by atoms with E-state index in [-0.39, 0.29) is 24.8 Å². The van der Waals surface area contributed by atoms with E-state index in [0.717, 1.165) is 0 Å². The van der Waals surface area contributed by atoms with Crippen LogP contribution in [-0.2, 0) is 4.74 Å². The van der Waals surface area contributed by atoms with E-state index in [9.17, 15) is 18.0 Å². The highest BCUT2D eigenvalue weighted by molar-refractivity contribution is 6.01. The van der Waals surface area contributed by atoms with E-state index in [4.69, 9.17) is 14.2 Å². The van der Waals surface area contributed by atoms with Crippen LogP contribution in [0.4, 0.5) is 13.2 Å². The average Bonchev–Trinajstić information content (AvgIpc) is 3.12. The second kappa shape index (κ2) is 7.16. The van der Waals surface area contributed by atoms with Crippen LogP contribution in [0, 0.1) is 0 Å². The summed E-state index contributed by atoms with van der Waals surface area (Å²) in [6, 6.07) is 10.2. The van der Waals surface area contributed by atoms with Crippen LogP contribution in [0.1, 0.15) is 17.4 Å². The number of rotatable bonds is 4. The molecule has 4 rings (SSSR count). The second-order valence-corrected chi connectivity index (χ2v) is 6.07. The van der Waals surface area contributed by atoms with Gasteiger partial charge in [-0.25, -0.2) is 9.78 Å². The molecule has 3 aromatic rings. The van der Waals surface area contributed by atoms with Gasteiger partial charge in [-0.05, 0) is 42.3 Å². The molecule has 0 fully saturated rings. The van der Waals surface area contributed by atoms with Crippen molar-refractivity contribution in [3.63, 3.8) is 0 Å². The van der Waals surface area contributed by atoms with Crippen molar-refractivity contribution in [3.05, 3.63) is 48.2 Å². The molecule has 0 bridgehead atoms. The van der Waals surface area contributed by atoms with Gasteiger partial charge in [0.2, 0.25) is 6.79 Å². The number of carbonyl (C=O) groups excluding carboxylic acids is 1. The van der Waals surface area contributed by atoms with Crippen molar-refractivity contribution in [1.82, 2.24) is 4.98 Å². The van der Waals surface area contributed by atoms with Gasteiger partial charge in [0.15, 0.2) is 11.5 Å². The fraction of sp³-hybridized carbons (Fsp3) is 0.200. The van der Waals surface area contributed by atoms with Crippen molar-refractivity contribution in [2.45, 2.75) is 13.3 Å². The minimum atomic E-state index is -4.78. The number of nitrogens with zero attached hydrogens (tertiary/aromatic N) is 1. The lowest BCUT2D eigenvalue weighted by Crippen LogP contribution is -2.16. The molecule has 0 aliphatic carbocycles. The molecular weight excluding hydrogens is 391 g/mol. The molecule has 6 nitrogen and oxygen atoms in total. The summed E-state index contributed by atoms with van der Waals surface area (Å²) in [6.45, 7) is 1.92. The van der Waals surface area contributed by atoms with Crippen molar-refractivity contribution in [3.8, 4) is 28.4 Å². The first-order chi connectivity index (χ1) is 13.8. The van der Waals surface area contributed by atoms with Crippen LogP contribution in [0.5, 0.6) is 17.2 Å². The van der Waals surface area contributed by atoms with Gasteiger partial charge in [-0.2, -0.15) is 0 Å². The van der Waals surface area contributed by atoms with E-state index < -0.39 is 12.3 Å². The van der Waals surface area contributed by atoms with Crippen LogP contribution >= 0.6 is 0 Å². The summed E-state index contributed by atoms with van der Waals surface area (Å²) in [7, 11) is 0. The number of fused-ring (bicyclic) bond motifs is 2. The maximum atomic E-state index is 12.4. The number of pyridine rings is 1. The maximum absolute atomic E-state index is 12.4. The highest BCUT2D eigenvalue weighted by Gasteiger charge is 2.31. The fourth-order valence-electron chi connectivity index (χ4n) is 3.00. The molecule has 0 unspecified atom stereocenters. The molecule has 0 saturated carbocycles. The van der Waals surface area contributed by atoms with Crippen molar-refractivity contribution in [2.75, 3.05) is 13.4 Å². The maximum Gasteiger partial charge on any atom is 0.573 e. The van der Waals surface area contributed by atoms with Crippen molar-refractivity contribution in [2.24, 2.45) is 0 Å². The number of esters is 1. The van der Waals surface area contributed by atoms with Gasteiger partial charge in [0.1, 0.15) is 11.4 Å². The molecule has 0 amide bonds. The Morgan fingerprint density at radius 1 is 1.10 bits per heavy atom. The van der Waals surface area contributed by atoms with E-state index in [1.807, 2.05) is 0 Å². The van der Waals surface area contributed by atoms with Crippen LogP contribution in [0.25, 0.3) is 22.0 Å². The van der Waals surface area contributed by atoms with Gasteiger partial charge in [0, 0.05) is 11.5 Å². The smallest absolute Gasteiger partial charge is 0.461 e. The summed E-state index contributed by atoms with van der Waals surface area (Å²) in [6.07, 6.45) is -4.78. The van der Waals surface area contributed by atoms with Gasteiger partial charge >= 0.3 is 12.3 Å². The third kappa shape index (κ3) is 3.89. The topological polar surface area (TPSA) is 66.9 Å². The molecule has 9 heteroatoms. The van der Waals surface area contributed by atoms with Crippen LogP contribution in [-0.4, -0.2) is 30.7 Å². The monoisotopic (exact) mass is 405 g/mol. The number of benzene rings is 2. The Morgan fingerprint density at radius 2 is 1.79 bits per heavy atom. The minimum Gasteiger partial charge on any atom is -0.461 e. The summed E-state index contributed by atoms with van der Waals surface area (Å²) < 4.78 is 56.9. The Balaban J connectivity index is 1.84. The molecule has 0 radical (unpaired) electrons. The number of alkyl halides is 3. The molecule has 150 valence electrons. The number of carbonyl (C=O) groups is 1. The van der Waals surface area contributed by atoms with Gasteiger partial charge in [0.25, 0.3) is 0 Å². The third-order valence-electron chi connectivity index (χ3n) is 4.19.